The monoisotopic (exact) mass is 219 g/mol. The molecule has 0 fully saturated rings. The first-order chi connectivity index (χ1) is 7.81. The number of rotatable bonds is 4. The fraction of sp³-hybridized carbons (Fsp3) is 0.273. The molecule has 0 saturated heterocycles. The van der Waals surface area contributed by atoms with Gasteiger partial charge in [0.25, 0.3) is 5.56 Å². The number of hydrogen-bond donors (Lipinski definition) is 2. The lowest BCUT2D eigenvalue weighted by molar-refractivity contribution is 0.576. The molecule has 0 saturated carbocycles. The van der Waals surface area contributed by atoms with Crippen molar-refractivity contribution in [2.45, 2.75) is 6.42 Å². The predicted molar refractivity (Wildman–Crippen MR) is 60.2 cm³/mol. The van der Waals surface area contributed by atoms with E-state index in [1.807, 2.05) is 7.05 Å². The lowest BCUT2D eigenvalue weighted by Gasteiger charge is -2.00. The molecule has 5 heteroatoms. The smallest absolute Gasteiger partial charge is 0.254 e. The molecule has 2 aromatic rings. The van der Waals surface area contributed by atoms with E-state index in [2.05, 4.69) is 15.3 Å². The highest BCUT2D eigenvalue weighted by atomic mass is 16.3. The molecule has 0 atom stereocenters. The molecule has 0 unspecified atom stereocenters. The van der Waals surface area contributed by atoms with Gasteiger partial charge in [-0.2, -0.15) is 0 Å². The molecule has 0 aromatic carbocycles. The van der Waals surface area contributed by atoms with Gasteiger partial charge in [0.15, 0.2) is 11.6 Å². The molecule has 2 aromatic heterocycles. The zero-order chi connectivity index (χ0) is 11.4. The van der Waals surface area contributed by atoms with Crippen molar-refractivity contribution in [1.29, 1.82) is 0 Å². The highest BCUT2D eigenvalue weighted by molar-refractivity contribution is 5.45. The average Bonchev–Trinajstić information content (AvgIpc) is 2.81. The quantitative estimate of drug-likeness (QED) is 0.797. The maximum absolute atomic E-state index is 11.7. The van der Waals surface area contributed by atoms with Crippen LogP contribution in [-0.4, -0.2) is 23.6 Å². The zero-order valence-corrected chi connectivity index (χ0v) is 8.99. The van der Waals surface area contributed by atoms with Crippen molar-refractivity contribution in [3.05, 3.63) is 40.5 Å². The third-order valence-electron chi connectivity index (χ3n) is 2.27. The Morgan fingerprint density at radius 2 is 2.44 bits per heavy atom. The van der Waals surface area contributed by atoms with Gasteiger partial charge >= 0.3 is 0 Å². The molecule has 2 rings (SSSR count). The normalized spacial score (nSPS) is 10.6. The van der Waals surface area contributed by atoms with E-state index in [-0.39, 0.29) is 5.56 Å². The molecule has 16 heavy (non-hydrogen) atoms. The number of nitrogens with one attached hydrogen (secondary N) is 2. The third-order valence-corrected chi connectivity index (χ3v) is 2.27. The van der Waals surface area contributed by atoms with Gasteiger partial charge in [-0.25, -0.2) is 4.98 Å². The average molecular weight is 219 g/mol. The van der Waals surface area contributed by atoms with Gasteiger partial charge < -0.3 is 14.7 Å². The summed E-state index contributed by atoms with van der Waals surface area (Å²) in [5.74, 6) is 1.03. The lowest BCUT2D eigenvalue weighted by Crippen LogP contribution is -2.19. The van der Waals surface area contributed by atoms with Crippen LogP contribution in [0.2, 0.25) is 0 Å². The molecule has 0 aliphatic heterocycles. The molecular formula is C11H13N3O2. The van der Waals surface area contributed by atoms with Gasteiger partial charge in [0, 0.05) is 11.8 Å². The highest BCUT2D eigenvalue weighted by Gasteiger charge is 2.05. The van der Waals surface area contributed by atoms with Crippen molar-refractivity contribution < 1.29 is 4.42 Å². The number of likely N-dealkylation sites (N-methyl/N-ethyl adjacent to an activating group) is 1. The minimum Gasteiger partial charge on any atom is -0.461 e. The zero-order valence-electron chi connectivity index (χ0n) is 8.99. The number of hydrogen-bond acceptors (Lipinski definition) is 4. The largest absolute Gasteiger partial charge is 0.461 e. The Kier molecular flexibility index (Phi) is 3.16. The van der Waals surface area contributed by atoms with Gasteiger partial charge in [-0.3, -0.25) is 4.79 Å². The van der Waals surface area contributed by atoms with Crippen LogP contribution in [0.25, 0.3) is 11.6 Å². The number of furan rings is 1. The molecule has 2 heterocycles. The first-order valence-electron chi connectivity index (χ1n) is 5.08. The fourth-order valence-corrected chi connectivity index (χ4v) is 1.40. The SMILES string of the molecule is CNCCc1cnc(-c2ccco2)[nH]c1=O. The van der Waals surface area contributed by atoms with E-state index >= 15 is 0 Å². The highest BCUT2D eigenvalue weighted by Crippen LogP contribution is 2.12. The molecule has 0 aliphatic rings. The van der Waals surface area contributed by atoms with Gasteiger partial charge in [-0.15, -0.1) is 0 Å². The van der Waals surface area contributed by atoms with Gasteiger partial charge in [-0.05, 0) is 32.1 Å². The predicted octanol–water partition coefficient (Wildman–Crippen LogP) is 0.792. The summed E-state index contributed by atoms with van der Waals surface area (Å²) in [5.41, 5.74) is 0.557. The maximum atomic E-state index is 11.7. The number of aromatic amines is 1. The number of nitrogens with zero attached hydrogens (tertiary/aromatic N) is 1. The van der Waals surface area contributed by atoms with Crippen LogP contribution in [-0.2, 0) is 6.42 Å². The van der Waals surface area contributed by atoms with Gasteiger partial charge in [0.2, 0.25) is 0 Å². The molecule has 0 radical (unpaired) electrons. The lowest BCUT2D eigenvalue weighted by atomic mass is 10.2. The second kappa shape index (κ2) is 4.76. The van der Waals surface area contributed by atoms with Gasteiger partial charge in [-0.1, -0.05) is 0 Å². The summed E-state index contributed by atoms with van der Waals surface area (Å²) >= 11 is 0. The van der Waals surface area contributed by atoms with Crippen LogP contribution in [0.4, 0.5) is 0 Å². The van der Waals surface area contributed by atoms with Crippen LogP contribution in [0.15, 0.2) is 33.8 Å². The Balaban J connectivity index is 2.26. The van der Waals surface area contributed by atoms with Gasteiger partial charge in [0.1, 0.15) is 0 Å². The molecule has 84 valence electrons. The Labute approximate surface area is 92.5 Å². The summed E-state index contributed by atoms with van der Waals surface area (Å²) in [6.45, 7) is 0.755. The van der Waals surface area contributed by atoms with Crippen LogP contribution < -0.4 is 10.9 Å². The van der Waals surface area contributed by atoms with E-state index in [1.54, 1.807) is 24.6 Å². The van der Waals surface area contributed by atoms with E-state index < -0.39 is 0 Å². The molecule has 0 aliphatic carbocycles. The van der Waals surface area contributed by atoms with E-state index in [4.69, 9.17) is 4.42 Å². The number of aromatic nitrogens is 2. The van der Waals surface area contributed by atoms with E-state index in [0.29, 0.717) is 23.6 Å². The first kappa shape index (κ1) is 10.6. The topological polar surface area (TPSA) is 70.9 Å². The molecular weight excluding hydrogens is 206 g/mol. The van der Waals surface area contributed by atoms with Crippen LogP contribution in [0.1, 0.15) is 5.56 Å². The minimum absolute atomic E-state index is 0.114. The molecule has 0 spiro atoms. The minimum atomic E-state index is -0.114. The van der Waals surface area contributed by atoms with Crippen LogP contribution in [0.3, 0.4) is 0 Å². The van der Waals surface area contributed by atoms with Crippen LogP contribution in [0, 0.1) is 0 Å². The van der Waals surface area contributed by atoms with Gasteiger partial charge in [0.05, 0.1) is 6.26 Å². The van der Waals surface area contributed by atoms with Crippen molar-refractivity contribution in [2.24, 2.45) is 0 Å². The van der Waals surface area contributed by atoms with Crippen molar-refractivity contribution in [3.8, 4) is 11.6 Å². The summed E-state index contributed by atoms with van der Waals surface area (Å²) in [7, 11) is 1.85. The summed E-state index contributed by atoms with van der Waals surface area (Å²) in [6.07, 6.45) is 3.80. The van der Waals surface area contributed by atoms with E-state index in [0.717, 1.165) is 6.54 Å². The Hall–Kier alpha value is -1.88. The standard InChI is InChI=1S/C11H13N3O2/c1-12-5-4-8-7-13-10(14-11(8)15)9-3-2-6-16-9/h2-3,6-7,12H,4-5H2,1H3,(H,13,14,15). The third kappa shape index (κ3) is 2.20. The fourth-order valence-electron chi connectivity index (χ4n) is 1.40. The summed E-state index contributed by atoms with van der Waals surface area (Å²) in [6, 6.07) is 3.51. The Morgan fingerprint density at radius 1 is 1.56 bits per heavy atom. The Morgan fingerprint density at radius 3 is 3.06 bits per heavy atom. The van der Waals surface area contributed by atoms with Crippen molar-refractivity contribution in [3.63, 3.8) is 0 Å². The summed E-state index contributed by atoms with van der Waals surface area (Å²) in [5, 5.41) is 2.99. The molecule has 2 N–H and O–H groups in total. The molecule has 0 amide bonds. The second-order valence-corrected chi connectivity index (χ2v) is 3.42. The van der Waals surface area contributed by atoms with Crippen LogP contribution in [0.5, 0.6) is 0 Å². The molecule has 5 nitrogen and oxygen atoms in total. The van der Waals surface area contributed by atoms with E-state index in [1.165, 1.54) is 0 Å². The molecule has 0 bridgehead atoms. The van der Waals surface area contributed by atoms with Crippen molar-refractivity contribution in [1.82, 2.24) is 15.3 Å². The second-order valence-electron chi connectivity index (χ2n) is 3.42. The summed E-state index contributed by atoms with van der Waals surface area (Å²) in [4.78, 5) is 18.5. The van der Waals surface area contributed by atoms with Crippen molar-refractivity contribution in [2.75, 3.05) is 13.6 Å². The van der Waals surface area contributed by atoms with E-state index in [9.17, 15) is 4.79 Å². The number of H-pyrrole nitrogens is 1. The Bertz CT molecular complexity index is 502. The van der Waals surface area contributed by atoms with Crippen LogP contribution >= 0.6 is 0 Å². The first-order valence-corrected chi connectivity index (χ1v) is 5.08. The summed E-state index contributed by atoms with van der Waals surface area (Å²) < 4.78 is 5.15. The van der Waals surface area contributed by atoms with Crippen molar-refractivity contribution >= 4 is 0 Å². The maximum Gasteiger partial charge on any atom is 0.254 e.